The first-order valence-corrected chi connectivity index (χ1v) is 9.40. The molecule has 4 rings (SSSR count). The van der Waals surface area contributed by atoms with E-state index in [9.17, 15) is 14.0 Å². The Morgan fingerprint density at radius 2 is 1.67 bits per heavy atom. The van der Waals surface area contributed by atoms with Crippen LogP contribution in [0.5, 0.6) is 0 Å². The molecule has 8 heteroatoms. The molecule has 0 saturated heterocycles. The molecule has 0 bridgehead atoms. The molecular weight excluding hydrogens is 407 g/mol. The number of benzene rings is 2. The molecule has 1 aliphatic heterocycles. The van der Waals surface area contributed by atoms with E-state index in [0.29, 0.717) is 11.1 Å². The zero-order valence-corrected chi connectivity index (χ0v) is 16.2. The maximum absolute atomic E-state index is 14.5. The number of rotatable bonds is 5. The monoisotopic (exact) mass is 420 g/mol. The Labute approximate surface area is 176 Å². The molecule has 0 saturated carbocycles. The van der Waals surface area contributed by atoms with Crippen molar-refractivity contribution in [3.8, 4) is 6.07 Å². The van der Waals surface area contributed by atoms with Gasteiger partial charge >= 0.3 is 0 Å². The number of nitrogens with one attached hydrogen (secondary N) is 1. The van der Waals surface area contributed by atoms with Crippen LogP contribution in [-0.2, 0) is 0 Å². The molecule has 2 amide bonds. The molecule has 30 heavy (non-hydrogen) atoms. The highest BCUT2D eigenvalue weighted by Crippen LogP contribution is 2.28. The summed E-state index contributed by atoms with van der Waals surface area (Å²) in [5.41, 5.74) is 1.30. The van der Waals surface area contributed by atoms with Gasteiger partial charge in [-0.2, -0.15) is 5.26 Å². The minimum absolute atomic E-state index is 0.0465. The van der Waals surface area contributed by atoms with Gasteiger partial charge in [0, 0.05) is 0 Å². The van der Waals surface area contributed by atoms with Crippen LogP contribution in [0.3, 0.4) is 0 Å². The van der Waals surface area contributed by atoms with Crippen LogP contribution in [0.25, 0.3) is 0 Å². The van der Waals surface area contributed by atoms with Gasteiger partial charge in [0.15, 0.2) is 11.6 Å². The molecule has 1 aromatic heterocycles. The Morgan fingerprint density at radius 3 is 2.27 bits per heavy atom. The Kier molecular flexibility index (Phi) is 5.17. The Bertz CT molecular complexity index is 1160. The van der Waals surface area contributed by atoms with Crippen molar-refractivity contribution >= 4 is 29.2 Å². The van der Waals surface area contributed by atoms with Gasteiger partial charge in [0.05, 0.1) is 29.3 Å². The third-order valence-electron chi connectivity index (χ3n) is 4.81. The first-order chi connectivity index (χ1) is 14.5. The van der Waals surface area contributed by atoms with Crippen molar-refractivity contribution in [1.29, 1.82) is 5.26 Å². The number of hydrogen-bond donors (Lipinski definition) is 1. The maximum atomic E-state index is 14.5. The number of halogens is 2. The van der Waals surface area contributed by atoms with Crippen molar-refractivity contribution in [2.75, 3.05) is 11.9 Å². The van der Waals surface area contributed by atoms with Crippen LogP contribution in [-0.4, -0.2) is 28.2 Å². The second kappa shape index (κ2) is 7.93. The lowest BCUT2D eigenvalue weighted by molar-refractivity contribution is 0.0647. The van der Waals surface area contributed by atoms with E-state index in [1.165, 1.54) is 0 Å². The summed E-state index contributed by atoms with van der Waals surface area (Å²) >= 11 is 5.95. The standard InChI is InChI=1S/C22H14ClFN4O2/c23-19-14(11-25)10-17(24)20(27-19)26-18(13-6-2-1-3-7-13)12-28-21(29)15-8-4-5-9-16(15)22(28)30/h1-10,18H,12H2,(H,26,27)/t18-/m0/s1. The van der Waals surface area contributed by atoms with Crippen LogP contribution in [0.1, 0.15) is 37.9 Å². The second-order valence-corrected chi connectivity index (χ2v) is 7.00. The number of nitriles is 1. The van der Waals surface area contributed by atoms with Gasteiger partial charge < -0.3 is 5.32 Å². The number of pyridine rings is 1. The van der Waals surface area contributed by atoms with E-state index >= 15 is 0 Å². The molecule has 6 nitrogen and oxygen atoms in total. The minimum Gasteiger partial charge on any atom is -0.359 e. The van der Waals surface area contributed by atoms with Crippen LogP contribution in [0.4, 0.5) is 10.2 Å². The summed E-state index contributed by atoms with van der Waals surface area (Å²) in [6, 6.07) is 17.7. The number of imide groups is 1. The van der Waals surface area contributed by atoms with E-state index in [-0.39, 0.29) is 23.1 Å². The van der Waals surface area contributed by atoms with Gasteiger partial charge in [-0.1, -0.05) is 54.1 Å². The normalized spacial score (nSPS) is 13.7. The fourth-order valence-corrected chi connectivity index (χ4v) is 3.50. The van der Waals surface area contributed by atoms with Crippen LogP contribution in [0, 0.1) is 17.1 Å². The molecule has 3 aromatic rings. The summed E-state index contributed by atoms with van der Waals surface area (Å²) in [7, 11) is 0. The van der Waals surface area contributed by atoms with Gasteiger partial charge in [-0.3, -0.25) is 14.5 Å². The number of carbonyl (C=O) groups is 2. The quantitative estimate of drug-likeness (QED) is 0.494. The zero-order chi connectivity index (χ0) is 21.3. The summed E-state index contributed by atoms with van der Waals surface area (Å²) in [5.74, 6) is -1.77. The lowest BCUT2D eigenvalue weighted by atomic mass is 10.1. The number of nitrogens with zero attached hydrogens (tertiary/aromatic N) is 3. The van der Waals surface area contributed by atoms with Gasteiger partial charge in [0.1, 0.15) is 11.2 Å². The third-order valence-corrected chi connectivity index (χ3v) is 5.09. The number of fused-ring (bicyclic) bond motifs is 1. The molecule has 0 radical (unpaired) electrons. The predicted octanol–water partition coefficient (Wildman–Crippen LogP) is 4.20. The van der Waals surface area contributed by atoms with Crippen LogP contribution in [0.2, 0.25) is 5.15 Å². The number of hydrogen-bond acceptors (Lipinski definition) is 5. The number of carbonyl (C=O) groups excluding carboxylic acids is 2. The Hall–Kier alpha value is -3.76. The summed E-state index contributed by atoms with van der Waals surface area (Å²) in [6.45, 7) is -0.0465. The fraction of sp³-hybridized carbons (Fsp3) is 0.0909. The molecule has 0 spiro atoms. The zero-order valence-electron chi connectivity index (χ0n) is 15.5. The highest BCUT2D eigenvalue weighted by Gasteiger charge is 2.36. The molecule has 148 valence electrons. The maximum Gasteiger partial charge on any atom is 0.261 e. The Balaban J connectivity index is 1.68. The van der Waals surface area contributed by atoms with Gasteiger partial charge in [-0.25, -0.2) is 9.37 Å². The highest BCUT2D eigenvalue weighted by molar-refractivity contribution is 6.30. The van der Waals surface area contributed by atoms with Gasteiger partial charge in [-0.05, 0) is 23.8 Å². The van der Waals surface area contributed by atoms with E-state index in [1.807, 2.05) is 6.07 Å². The summed E-state index contributed by atoms with van der Waals surface area (Å²) in [4.78, 5) is 30.6. The lowest BCUT2D eigenvalue weighted by Crippen LogP contribution is -2.36. The van der Waals surface area contributed by atoms with E-state index < -0.39 is 23.7 Å². The van der Waals surface area contributed by atoms with Crippen molar-refractivity contribution in [3.63, 3.8) is 0 Å². The molecular formula is C22H14ClFN4O2. The van der Waals surface area contributed by atoms with Crippen LogP contribution >= 0.6 is 11.6 Å². The molecule has 2 heterocycles. The lowest BCUT2D eigenvalue weighted by Gasteiger charge is -2.25. The molecule has 1 aliphatic rings. The minimum atomic E-state index is -0.765. The largest absolute Gasteiger partial charge is 0.359 e. The second-order valence-electron chi connectivity index (χ2n) is 6.64. The molecule has 1 N–H and O–H groups in total. The van der Waals surface area contributed by atoms with Crippen molar-refractivity contribution in [3.05, 3.63) is 93.9 Å². The molecule has 0 fully saturated rings. The summed E-state index contributed by atoms with van der Waals surface area (Å²) in [5, 5.41) is 11.8. The van der Waals surface area contributed by atoms with Crippen LogP contribution in [0.15, 0.2) is 60.7 Å². The van der Waals surface area contributed by atoms with Gasteiger partial charge in [0.2, 0.25) is 0 Å². The van der Waals surface area contributed by atoms with E-state index in [4.69, 9.17) is 16.9 Å². The van der Waals surface area contributed by atoms with E-state index in [1.54, 1.807) is 54.6 Å². The van der Waals surface area contributed by atoms with E-state index in [2.05, 4.69) is 10.3 Å². The third kappa shape index (κ3) is 3.49. The van der Waals surface area contributed by atoms with Crippen molar-refractivity contribution < 1.29 is 14.0 Å². The highest BCUT2D eigenvalue weighted by atomic mass is 35.5. The first kappa shape index (κ1) is 19.6. The number of aromatic nitrogens is 1. The summed E-state index contributed by atoms with van der Waals surface area (Å²) < 4.78 is 14.5. The van der Waals surface area contributed by atoms with Crippen LogP contribution < -0.4 is 5.32 Å². The van der Waals surface area contributed by atoms with Crippen molar-refractivity contribution in [2.24, 2.45) is 0 Å². The SMILES string of the molecule is N#Cc1cc(F)c(N[C@@H](CN2C(=O)c3ccccc3C2=O)c2ccccc2)nc1Cl. The topological polar surface area (TPSA) is 86.1 Å². The Morgan fingerprint density at radius 1 is 1.07 bits per heavy atom. The number of anilines is 1. The smallest absolute Gasteiger partial charge is 0.261 e. The van der Waals surface area contributed by atoms with Crippen molar-refractivity contribution in [1.82, 2.24) is 9.88 Å². The molecule has 0 aliphatic carbocycles. The predicted molar refractivity (Wildman–Crippen MR) is 109 cm³/mol. The average Bonchev–Trinajstić information content (AvgIpc) is 3.01. The fourth-order valence-electron chi connectivity index (χ4n) is 3.32. The molecule has 0 unspecified atom stereocenters. The summed E-state index contributed by atoms with van der Waals surface area (Å²) in [6.07, 6.45) is 0. The molecule has 1 atom stereocenters. The van der Waals surface area contributed by atoms with Gasteiger partial charge in [0.25, 0.3) is 11.8 Å². The number of amides is 2. The molecule has 2 aromatic carbocycles. The van der Waals surface area contributed by atoms with Crippen molar-refractivity contribution in [2.45, 2.75) is 6.04 Å². The average molecular weight is 421 g/mol. The van der Waals surface area contributed by atoms with Gasteiger partial charge in [-0.15, -0.1) is 0 Å². The first-order valence-electron chi connectivity index (χ1n) is 9.02. The van der Waals surface area contributed by atoms with E-state index in [0.717, 1.165) is 16.5 Å².